The number of amides is 1. The Hall–Kier alpha value is -2.73. The van der Waals surface area contributed by atoms with E-state index in [0.717, 1.165) is 23.3 Å². The lowest BCUT2D eigenvalue weighted by atomic mass is 10.2. The summed E-state index contributed by atoms with van der Waals surface area (Å²) in [5.74, 6) is 0.644. The zero-order chi connectivity index (χ0) is 19.6. The van der Waals surface area contributed by atoms with Gasteiger partial charge in [0.2, 0.25) is 0 Å². The summed E-state index contributed by atoms with van der Waals surface area (Å²) in [6.45, 7) is 4.04. The number of rotatable bonds is 6. The van der Waals surface area contributed by atoms with Gasteiger partial charge in [-0.15, -0.1) is 0 Å². The maximum Gasteiger partial charge on any atom is 0.274 e. The number of nitrogens with one attached hydrogen (secondary N) is 1. The van der Waals surface area contributed by atoms with Crippen molar-refractivity contribution in [2.24, 2.45) is 0 Å². The quantitative estimate of drug-likeness (QED) is 0.675. The van der Waals surface area contributed by atoms with Gasteiger partial charge in [0, 0.05) is 18.3 Å². The molecule has 2 aromatic heterocycles. The van der Waals surface area contributed by atoms with Crippen molar-refractivity contribution in [1.29, 1.82) is 0 Å². The zero-order valence-electron chi connectivity index (χ0n) is 15.8. The van der Waals surface area contributed by atoms with Gasteiger partial charge in [-0.05, 0) is 25.0 Å². The van der Waals surface area contributed by atoms with E-state index < -0.39 is 0 Å². The maximum atomic E-state index is 13.1. The highest BCUT2D eigenvalue weighted by molar-refractivity contribution is 6.32. The van der Waals surface area contributed by atoms with E-state index in [-0.39, 0.29) is 5.91 Å². The van der Waals surface area contributed by atoms with Gasteiger partial charge >= 0.3 is 0 Å². The molecule has 0 aliphatic heterocycles. The molecule has 0 radical (unpaired) electrons. The second kappa shape index (κ2) is 7.88. The van der Waals surface area contributed by atoms with Crippen molar-refractivity contribution >= 4 is 28.8 Å². The van der Waals surface area contributed by atoms with E-state index in [1.54, 1.807) is 12.1 Å². The van der Waals surface area contributed by atoms with E-state index in [1.807, 2.05) is 29.7 Å². The van der Waals surface area contributed by atoms with Crippen LogP contribution in [-0.4, -0.2) is 29.5 Å². The molecule has 27 heavy (non-hydrogen) atoms. The van der Waals surface area contributed by atoms with Gasteiger partial charge in [-0.3, -0.25) is 9.20 Å². The summed E-state index contributed by atoms with van der Waals surface area (Å²) in [5, 5.41) is 3.32. The van der Waals surface area contributed by atoms with Gasteiger partial charge < -0.3 is 14.8 Å². The highest BCUT2D eigenvalue weighted by Crippen LogP contribution is 2.36. The van der Waals surface area contributed by atoms with Crippen molar-refractivity contribution < 1.29 is 14.3 Å². The number of anilines is 1. The first-order chi connectivity index (χ1) is 13.0. The second-order valence-electron chi connectivity index (χ2n) is 6.23. The molecule has 6 nitrogen and oxygen atoms in total. The van der Waals surface area contributed by atoms with E-state index in [4.69, 9.17) is 21.1 Å². The fraction of sp³-hybridized carbons (Fsp3) is 0.300. The lowest BCUT2D eigenvalue weighted by molar-refractivity contribution is 0.102. The van der Waals surface area contributed by atoms with E-state index >= 15 is 0 Å². The molecule has 0 atom stereocenters. The van der Waals surface area contributed by atoms with Crippen LogP contribution in [0.3, 0.4) is 0 Å². The van der Waals surface area contributed by atoms with Gasteiger partial charge in [-0.1, -0.05) is 31.0 Å². The van der Waals surface area contributed by atoms with Crippen molar-refractivity contribution in [3.05, 3.63) is 52.4 Å². The molecule has 0 saturated carbocycles. The van der Waals surface area contributed by atoms with Gasteiger partial charge in [-0.2, -0.15) is 0 Å². The summed E-state index contributed by atoms with van der Waals surface area (Å²) >= 11 is 6.15. The third-order valence-corrected chi connectivity index (χ3v) is 4.56. The number of aromatic nitrogens is 2. The van der Waals surface area contributed by atoms with Crippen LogP contribution in [0.5, 0.6) is 11.5 Å². The van der Waals surface area contributed by atoms with Gasteiger partial charge in [0.25, 0.3) is 5.91 Å². The highest BCUT2D eigenvalue weighted by Gasteiger charge is 2.21. The lowest BCUT2D eigenvalue weighted by Crippen LogP contribution is -2.17. The summed E-state index contributed by atoms with van der Waals surface area (Å²) < 4.78 is 12.4. The number of methoxy groups -OCH3 is 2. The smallest absolute Gasteiger partial charge is 0.274 e. The van der Waals surface area contributed by atoms with Gasteiger partial charge in [0.1, 0.15) is 22.8 Å². The molecular weight excluding hydrogens is 366 g/mol. The Morgan fingerprint density at radius 2 is 1.96 bits per heavy atom. The minimum atomic E-state index is -0.265. The second-order valence-corrected chi connectivity index (χ2v) is 6.64. The number of hydrogen-bond donors (Lipinski definition) is 1. The number of carbonyl (C=O) groups excluding carboxylic acids is 1. The Morgan fingerprint density at radius 1 is 1.22 bits per heavy atom. The lowest BCUT2D eigenvalue weighted by Gasteiger charge is -2.13. The Balaban J connectivity index is 2.06. The monoisotopic (exact) mass is 387 g/mol. The molecule has 3 rings (SSSR count). The van der Waals surface area contributed by atoms with E-state index in [1.165, 1.54) is 14.2 Å². The van der Waals surface area contributed by atoms with Crippen LogP contribution >= 0.6 is 11.6 Å². The number of hydrogen-bond acceptors (Lipinski definition) is 4. The number of halogens is 1. The van der Waals surface area contributed by atoms with Crippen LogP contribution in [0, 0.1) is 6.92 Å². The predicted octanol–water partition coefficient (Wildman–Crippen LogP) is 4.52. The Kier molecular flexibility index (Phi) is 5.56. The molecule has 2 heterocycles. The number of aryl methyl sites for hydroxylation is 2. The summed E-state index contributed by atoms with van der Waals surface area (Å²) in [6.07, 6.45) is 3.52. The van der Waals surface area contributed by atoms with Crippen molar-refractivity contribution in [3.8, 4) is 11.5 Å². The fourth-order valence-electron chi connectivity index (χ4n) is 2.99. The summed E-state index contributed by atoms with van der Waals surface area (Å²) in [4.78, 5) is 17.8. The number of ether oxygens (including phenoxy) is 2. The Morgan fingerprint density at radius 3 is 2.63 bits per heavy atom. The third-order valence-electron chi connectivity index (χ3n) is 4.26. The van der Waals surface area contributed by atoms with Crippen molar-refractivity contribution in [1.82, 2.24) is 9.38 Å². The molecule has 0 saturated heterocycles. The van der Waals surface area contributed by atoms with E-state index in [0.29, 0.717) is 34.3 Å². The minimum Gasteiger partial charge on any atom is -0.495 e. The number of pyridine rings is 1. The number of benzene rings is 1. The van der Waals surface area contributed by atoms with Crippen LogP contribution in [0.25, 0.3) is 5.65 Å². The van der Waals surface area contributed by atoms with Crippen molar-refractivity contribution in [2.45, 2.75) is 26.7 Å². The van der Waals surface area contributed by atoms with Gasteiger partial charge in [0.05, 0.1) is 30.6 Å². The number of fused-ring (bicyclic) bond motifs is 1. The van der Waals surface area contributed by atoms with Gasteiger partial charge in [0.15, 0.2) is 0 Å². The Bertz CT molecular complexity index is 998. The molecule has 0 fully saturated rings. The number of carbonyl (C=O) groups is 1. The molecule has 0 bridgehead atoms. The number of imidazole rings is 1. The van der Waals surface area contributed by atoms with Crippen LogP contribution in [0.15, 0.2) is 30.5 Å². The molecule has 0 spiro atoms. The largest absolute Gasteiger partial charge is 0.495 e. The molecule has 3 aromatic rings. The molecule has 1 amide bonds. The first-order valence-electron chi connectivity index (χ1n) is 8.69. The SMILES string of the molecule is CCCc1nc2ccc(C)cn2c1C(=O)Nc1cc(OC)c(Cl)cc1OC. The van der Waals surface area contributed by atoms with Crippen molar-refractivity contribution in [3.63, 3.8) is 0 Å². The summed E-state index contributed by atoms with van der Waals surface area (Å²) in [5.41, 5.74) is 3.55. The topological polar surface area (TPSA) is 64.9 Å². The molecule has 1 N–H and O–H groups in total. The third kappa shape index (κ3) is 3.71. The highest BCUT2D eigenvalue weighted by atomic mass is 35.5. The first-order valence-corrected chi connectivity index (χ1v) is 9.06. The average molecular weight is 388 g/mol. The molecule has 7 heteroatoms. The first kappa shape index (κ1) is 19.0. The van der Waals surface area contributed by atoms with Crippen LogP contribution in [0.2, 0.25) is 5.02 Å². The van der Waals surface area contributed by atoms with E-state index in [9.17, 15) is 4.79 Å². The summed E-state index contributed by atoms with van der Waals surface area (Å²) in [7, 11) is 3.04. The molecule has 0 aliphatic rings. The van der Waals surface area contributed by atoms with Crippen LogP contribution < -0.4 is 14.8 Å². The van der Waals surface area contributed by atoms with E-state index in [2.05, 4.69) is 17.2 Å². The Labute approximate surface area is 163 Å². The molecule has 0 unspecified atom stereocenters. The van der Waals surface area contributed by atoms with Crippen LogP contribution in [0.4, 0.5) is 5.69 Å². The summed E-state index contributed by atoms with van der Waals surface area (Å²) in [6, 6.07) is 7.15. The van der Waals surface area contributed by atoms with Crippen LogP contribution in [-0.2, 0) is 6.42 Å². The predicted molar refractivity (Wildman–Crippen MR) is 106 cm³/mol. The zero-order valence-corrected chi connectivity index (χ0v) is 16.6. The molecule has 0 aliphatic carbocycles. The molecule has 142 valence electrons. The average Bonchev–Trinajstić information content (AvgIpc) is 3.00. The molecule has 1 aromatic carbocycles. The molecular formula is C20H22ClN3O3. The normalized spacial score (nSPS) is 10.9. The van der Waals surface area contributed by atoms with Crippen LogP contribution in [0.1, 0.15) is 35.1 Å². The number of nitrogens with zero attached hydrogens (tertiary/aromatic N) is 2. The maximum absolute atomic E-state index is 13.1. The minimum absolute atomic E-state index is 0.265. The fourth-order valence-corrected chi connectivity index (χ4v) is 3.22. The standard InChI is InChI=1S/C20H22ClN3O3/c1-5-6-14-19(24-11-12(2)7-8-18(24)22-14)20(25)23-15-10-16(26-3)13(21)9-17(15)27-4/h7-11H,5-6H2,1-4H3,(H,23,25). The van der Waals surface area contributed by atoms with Crippen molar-refractivity contribution in [2.75, 3.05) is 19.5 Å². The van der Waals surface area contributed by atoms with Gasteiger partial charge in [-0.25, -0.2) is 4.98 Å².